The van der Waals surface area contributed by atoms with Crippen LogP contribution in [0.5, 0.6) is 5.75 Å². The largest absolute Gasteiger partial charge is 0.497 e. The van der Waals surface area contributed by atoms with Gasteiger partial charge in [0.1, 0.15) is 5.75 Å². The molecule has 1 saturated heterocycles. The second kappa shape index (κ2) is 8.23. The van der Waals surface area contributed by atoms with Gasteiger partial charge in [0.05, 0.1) is 20.3 Å². The van der Waals surface area contributed by atoms with Crippen LogP contribution in [0.4, 0.5) is 5.69 Å². The molecule has 3 heterocycles. The zero-order valence-corrected chi connectivity index (χ0v) is 21.2. The Balaban J connectivity index is 1.85. The molecule has 35 heavy (non-hydrogen) atoms. The Hall–Kier alpha value is -2.58. The number of nitrogens with zero attached hydrogens (tertiary/aromatic N) is 2. The summed E-state index contributed by atoms with van der Waals surface area (Å²) in [5, 5.41) is 12.6. The summed E-state index contributed by atoms with van der Waals surface area (Å²) in [6, 6.07) is 5.28. The number of benzene rings is 1. The highest BCUT2D eigenvalue weighted by Crippen LogP contribution is 2.67. The van der Waals surface area contributed by atoms with Crippen molar-refractivity contribution < 1.29 is 28.9 Å². The van der Waals surface area contributed by atoms with Crippen LogP contribution >= 0.6 is 0 Å². The molecule has 0 bridgehead atoms. The Morgan fingerprint density at radius 1 is 1.23 bits per heavy atom. The van der Waals surface area contributed by atoms with Crippen LogP contribution < -0.4 is 9.64 Å². The van der Waals surface area contributed by atoms with Gasteiger partial charge in [-0.25, -0.2) is 4.79 Å². The summed E-state index contributed by atoms with van der Waals surface area (Å²) in [6.45, 7) is 5.06. The molecule has 5 rings (SSSR count). The number of hydrogen-bond acceptors (Lipinski definition) is 8. The van der Waals surface area contributed by atoms with Crippen molar-refractivity contribution in [2.45, 2.75) is 68.7 Å². The summed E-state index contributed by atoms with van der Waals surface area (Å²) in [5.74, 6) is -0.588. The fourth-order valence-corrected chi connectivity index (χ4v) is 8.01. The molecule has 3 aliphatic heterocycles. The van der Waals surface area contributed by atoms with E-state index < -0.39 is 40.5 Å². The van der Waals surface area contributed by atoms with E-state index in [4.69, 9.17) is 14.2 Å². The van der Waals surface area contributed by atoms with Gasteiger partial charge in [-0.2, -0.15) is 0 Å². The number of carbonyl (C=O) groups excluding carboxylic acids is 2. The fraction of sp³-hybridized carbons (Fsp3) is 0.630. The molecular weight excluding hydrogens is 448 g/mol. The van der Waals surface area contributed by atoms with Gasteiger partial charge in [-0.05, 0) is 31.0 Å². The van der Waals surface area contributed by atoms with E-state index >= 15 is 0 Å². The molecule has 1 spiro atoms. The van der Waals surface area contributed by atoms with Gasteiger partial charge in [0, 0.05) is 49.1 Å². The smallest absolute Gasteiger partial charge is 0.344 e. The van der Waals surface area contributed by atoms with E-state index in [1.165, 1.54) is 14.0 Å². The summed E-state index contributed by atoms with van der Waals surface area (Å²) in [5.41, 5.74) is -1.38. The number of likely N-dealkylation sites (N-methyl/N-ethyl adjacent to an activating group) is 1. The zero-order chi connectivity index (χ0) is 25.2. The standard InChI is InChI=1S/C27H36N2O6/c1-6-7-11-25-12-8-14-29-15-13-26(21(25)29)19-10-9-18(33-4)16-20(19)28(3)22(26)27(32,24(31)34-5)23(25)35-17(2)30/h8-10,12,16,21-23,32H,6-7,11,13-15H2,1-5H3/t21-,22-,23+,25+,26+,27+/m0/s1. The van der Waals surface area contributed by atoms with Gasteiger partial charge >= 0.3 is 11.9 Å². The van der Waals surface area contributed by atoms with Crippen molar-refractivity contribution in [3.8, 4) is 5.75 Å². The first-order valence-corrected chi connectivity index (χ1v) is 12.5. The lowest BCUT2D eigenvalue weighted by atomic mass is 9.47. The van der Waals surface area contributed by atoms with Crippen LogP contribution in [-0.4, -0.2) is 80.1 Å². The number of anilines is 1. The van der Waals surface area contributed by atoms with Crippen LogP contribution in [0.1, 0.15) is 45.1 Å². The van der Waals surface area contributed by atoms with Gasteiger partial charge in [0.25, 0.3) is 0 Å². The minimum absolute atomic E-state index is 0.0528. The molecule has 1 saturated carbocycles. The SMILES string of the molecule is CCCC[C@]12C=CCN3CC[C@@]4(c5ccc(OC)cc5N(C)[C@@H]4[C@](O)(C(=O)OC)[C@@H]1OC(C)=O)[C@@H]32. The third-order valence-corrected chi connectivity index (χ3v) is 8.97. The predicted molar refractivity (Wildman–Crippen MR) is 130 cm³/mol. The highest BCUT2D eigenvalue weighted by atomic mass is 16.6. The molecule has 0 aromatic heterocycles. The summed E-state index contributed by atoms with van der Waals surface area (Å²) in [7, 11) is 4.81. The minimum atomic E-state index is -2.08. The lowest BCUT2D eigenvalue weighted by Crippen LogP contribution is -2.81. The molecule has 2 fully saturated rings. The summed E-state index contributed by atoms with van der Waals surface area (Å²) >= 11 is 0. The van der Waals surface area contributed by atoms with E-state index in [0.29, 0.717) is 12.2 Å². The Morgan fingerprint density at radius 2 is 2.00 bits per heavy atom. The maximum atomic E-state index is 13.7. The molecule has 1 aliphatic carbocycles. The average Bonchev–Trinajstić information content (AvgIpc) is 3.36. The minimum Gasteiger partial charge on any atom is -0.497 e. The van der Waals surface area contributed by atoms with Crippen molar-refractivity contribution >= 4 is 17.6 Å². The molecular formula is C27H36N2O6. The van der Waals surface area contributed by atoms with Gasteiger partial charge in [-0.1, -0.05) is 38.0 Å². The van der Waals surface area contributed by atoms with Gasteiger partial charge in [0.15, 0.2) is 6.10 Å². The molecule has 0 radical (unpaired) electrons. The second-order valence-electron chi connectivity index (χ2n) is 10.5. The summed E-state index contributed by atoms with van der Waals surface area (Å²) < 4.78 is 16.8. The fourth-order valence-electron chi connectivity index (χ4n) is 8.01. The predicted octanol–water partition coefficient (Wildman–Crippen LogP) is 2.42. The molecule has 4 aliphatic rings. The number of fused-ring (bicyclic) bond motifs is 1. The molecule has 0 amide bonds. The van der Waals surface area contributed by atoms with E-state index in [9.17, 15) is 14.7 Å². The Kier molecular flexibility index (Phi) is 5.68. The number of aliphatic hydroxyl groups is 1. The normalized spacial score (nSPS) is 36.9. The number of carbonyl (C=O) groups is 2. The first-order valence-electron chi connectivity index (χ1n) is 12.5. The highest BCUT2D eigenvalue weighted by Gasteiger charge is 2.80. The highest BCUT2D eigenvalue weighted by molar-refractivity contribution is 5.87. The molecule has 8 heteroatoms. The topological polar surface area (TPSA) is 88.5 Å². The van der Waals surface area contributed by atoms with E-state index in [-0.39, 0.29) is 6.04 Å². The number of rotatable bonds is 6. The van der Waals surface area contributed by atoms with E-state index in [1.54, 1.807) is 7.11 Å². The Bertz CT molecular complexity index is 1070. The van der Waals surface area contributed by atoms with Crippen molar-refractivity contribution in [3.63, 3.8) is 0 Å². The second-order valence-corrected chi connectivity index (χ2v) is 10.5. The van der Waals surface area contributed by atoms with Crippen molar-refractivity contribution in [1.82, 2.24) is 4.90 Å². The monoisotopic (exact) mass is 484 g/mol. The average molecular weight is 485 g/mol. The molecule has 1 N–H and O–H groups in total. The van der Waals surface area contributed by atoms with Crippen LogP contribution in [0.15, 0.2) is 30.4 Å². The summed E-state index contributed by atoms with van der Waals surface area (Å²) in [4.78, 5) is 30.6. The number of hydrogen-bond donors (Lipinski definition) is 1. The molecule has 6 atom stereocenters. The third kappa shape index (κ3) is 2.93. The van der Waals surface area contributed by atoms with E-state index in [2.05, 4.69) is 30.0 Å². The number of ether oxygens (including phenoxy) is 3. The van der Waals surface area contributed by atoms with Crippen molar-refractivity contribution in [1.29, 1.82) is 0 Å². The maximum Gasteiger partial charge on any atom is 0.344 e. The van der Waals surface area contributed by atoms with Gasteiger partial charge < -0.3 is 24.2 Å². The number of esters is 2. The van der Waals surface area contributed by atoms with Crippen LogP contribution in [0.2, 0.25) is 0 Å². The lowest BCUT2D eigenvalue weighted by Gasteiger charge is -2.63. The van der Waals surface area contributed by atoms with Crippen LogP contribution in [-0.2, 0) is 24.5 Å². The molecule has 8 nitrogen and oxygen atoms in total. The molecule has 1 aromatic rings. The molecule has 190 valence electrons. The first-order chi connectivity index (χ1) is 16.7. The van der Waals surface area contributed by atoms with E-state index in [0.717, 1.165) is 43.6 Å². The van der Waals surface area contributed by atoms with Gasteiger partial charge in [-0.15, -0.1) is 0 Å². The van der Waals surface area contributed by atoms with E-state index in [1.807, 2.05) is 24.1 Å². The van der Waals surface area contributed by atoms with Crippen molar-refractivity contribution in [3.05, 3.63) is 35.9 Å². The lowest BCUT2D eigenvalue weighted by molar-refractivity contribution is -0.229. The third-order valence-electron chi connectivity index (χ3n) is 8.97. The summed E-state index contributed by atoms with van der Waals surface area (Å²) in [6.07, 6.45) is 6.40. The quantitative estimate of drug-likeness (QED) is 0.487. The first kappa shape index (κ1) is 24.1. The molecule has 0 unspecified atom stereocenters. The number of methoxy groups -OCH3 is 2. The Morgan fingerprint density at radius 3 is 2.66 bits per heavy atom. The van der Waals surface area contributed by atoms with Crippen molar-refractivity contribution in [2.75, 3.05) is 39.3 Å². The number of unbranched alkanes of at least 4 members (excludes halogenated alkanes) is 1. The molecule has 1 aromatic carbocycles. The zero-order valence-electron chi connectivity index (χ0n) is 21.2. The van der Waals surface area contributed by atoms with Gasteiger partial charge in [0.2, 0.25) is 5.60 Å². The Labute approximate surface area is 206 Å². The van der Waals surface area contributed by atoms with Crippen LogP contribution in [0.25, 0.3) is 0 Å². The van der Waals surface area contributed by atoms with Crippen LogP contribution in [0.3, 0.4) is 0 Å². The van der Waals surface area contributed by atoms with Crippen LogP contribution in [0, 0.1) is 5.41 Å². The van der Waals surface area contributed by atoms with Gasteiger partial charge in [-0.3, -0.25) is 9.69 Å². The maximum absolute atomic E-state index is 13.7. The van der Waals surface area contributed by atoms with Crippen molar-refractivity contribution in [2.24, 2.45) is 5.41 Å².